The molecule has 1 amide bonds. The Kier molecular flexibility index (Phi) is 5.69. The smallest absolute Gasteiger partial charge is 0.387 e. The molecule has 2 atom stereocenters. The summed E-state index contributed by atoms with van der Waals surface area (Å²) in [6.45, 7) is 0.498. The minimum Gasteiger partial charge on any atom is -0.434 e. The van der Waals surface area contributed by atoms with Gasteiger partial charge in [-0.3, -0.25) is 4.79 Å². The van der Waals surface area contributed by atoms with Gasteiger partial charge in [0.1, 0.15) is 5.75 Å². The van der Waals surface area contributed by atoms with Gasteiger partial charge in [0.05, 0.1) is 12.1 Å². The van der Waals surface area contributed by atoms with Crippen LogP contribution in [-0.2, 0) is 4.79 Å². The summed E-state index contributed by atoms with van der Waals surface area (Å²) in [4.78, 5) is 11.6. The van der Waals surface area contributed by atoms with Crippen molar-refractivity contribution >= 4 is 5.91 Å². The Morgan fingerprint density at radius 3 is 2.58 bits per heavy atom. The van der Waals surface area contributed by atoms with E-state index in [0.717, 1.165) is 0 Å². The van der Waals surface area contributed by atoms with Crippen LogP contribution in [0.5, 0.6) is 5.75 Å². The first kappa shape index (κ1) is 15.4. The maximum Gasteiger partial charge on any atom is 0.387 e. The number of carbonyl (C=O) groups excluding carboxylic acids is 1. The molecule has 1 aromatic rings. The summed E-state index contributed by atoms with van der Waals surface area (Å²) < 4.78 is 29.1. The third kappa shape index (κ3) is 4.48. The molecular formula is C13H18F2N2O2. The van der Waals surface area contributed by atoms with Gasteiger partial charge in [-0.25, -0.2) is 0 Å². The minimum absolute atomic E-state index is 0.0642. The van der Waals surface area contributed by atoms with Gasteiger partial charge in [-0.15, -0.1) is 0 Å². The first-order chi connectivity index (χ1) is 8.95. The summed E-state index contributed by atoms with van der Waals surface area (Å²) in [5, 5.41) is 2.71. The molecule has 0 fully saturated rings. The van der Waals surface area contributed by atoms with Gasteiger partial charge in [-0.05, 0) is 19.4 Å². The second-order valence-electron chi connectivity index (χ2n) is 4.17. The van der Waals surface area contributed by atoms with Crippen molar-refractivity contribution in [3.8, 4) is 5.75 Å². The van der Waals surface area contributed by atoms with E-state index < -0.39 is 18.7 Å². The molecule has 1 aromatic carbocycles. The lowest BCUT2D eigenvalue weighted by molar-refractivity contribution is -0.122. The second-order valence-corrected chi connectivity index (χ2v) is 4.17. The predicted octanol–water partition coefficient (Wildman–Crippen LogP) is 2.20. The third-order valence-electron chi connectivity index (χ3n) is 2.65. The molecule has 0 aliphatic heterocycles. The first-order valence-corrected chi connectivity index (χ1v) is 6.05. The lowest BCUT2D eigenvalue weighted by Gasteiger charge is -2.21. The van der Waals surface area contributed by atoms with Gasteiger partial charge in [0, 0.05) is 5.56 Å². The van der Waals surface area contributed by atoms with Crippen molar-refractivity contribution in [3.63, 3.8) is 0 Å². The van der Waals surface area contributed by atoms with Crippen LogP contribution >= 0.6 is 0 Å². The van der Waals surface area contributed by atoms with Gasteiger partial charge in [-0.2, -0.15) is 8.78 Å². The van der Waals surface area contributed by atoms with E-state index >= 15 is 0 Å². The lowest BCUT2D eigenvalue weighted by atomic mass is 10.0. The van der Waals surface area contributed by atoms with Crippen molar-refractivity contribution in [3.05, 3.63) is 29.8 Å². The Bertz CT molecular complexity index is 425. The van der Waals surface area contributed by atoms with Crippen molar-refractivity contribution in [1.29, 1.82) is 0 Å². The Morgan fingerprint density at radius 1 is 1.42 bits per heavy atom. The number of halogens is 2. The van der Waals surface area contributed by atoms with E-state index in [1.807, 2.05) is 6.92 Å². The van der Waals surface area contributed by atoms with E-state index in [1.165, 1.54) is 6.07 Å². The van der Waals surface area contributed by atoms with Gasteiger partial charge < -0.3 is 15.8 Å². The fourth-order valence-corrected chi connectivity index (χ4v) is 1.67. The van der Waals surface area contributed by atoms with Crippen molar-refractivity contribution < 1.29 is 18.3 Å². The molecule has 0 aliphatic rings. The number of para-hydroxylation sites is 1. The number of nitrogens with two attached hydrogens (primary N) is 1. The molecule has 19 heavy (non-hydrogen) atoms. The molecule has 0 heterocycles. The summed E-state index contributed by atoms with van der Waals surface area (Å²) in [5.74, 6) is -0.270. The lowest BCUT2D eigenvalue weighted by Crippen LogP contribution is -2.40. The molecular weight excluding hydrogens is 254 g/mol. The zero-order valence-electron chi connectivity index (χ0n) is 10.9. The van der Waals surface area contributed by atoms with E-state index in [9.17, 15) is 13.6 Å². The van der Waals surface area contributed by atoms with Crippen LogP contribution in [0.4, 0.5) is 8.78 Å². The van der Waals surface area contributed by atoms with E-state index in [4.69, 9.17) is 5.73 Å². The maximum atomic E-state index is 12.3. The molecule has 0 saturated carbocycles. The fourth-order valence-electron chi connectivity index (χ4n) is 1.67. The summed E-state index contributed by atoms with van der Waals surface area (Å²) >= 11 is 0. The van der Waals surface area contributed by atoms with Gasteiger partial charge in [0.25, 0.3) is 0 Å². The first-order valence-electron chi connectivity index (χ1n) is 6.05. The Hall–Kier alpha value is -1.69. The molecule has 0 spiro atoms. The average molecular weight is 272 g/mol. The molecule has 6 heteroatoms. The molecule has 0 radical (unpaired) electrons. The zero-order valence-corrected chi connectivity index (χ0v) is 10.9. The molecule has 106 valence electrons. The number of rotatable bonds is 6. The van der Waals surface area contributed by atoms with Crippen molar-refractivity contribution in [2.45, 2.75) is 39.0 Å². The van der Waals surface area contributed by atoms with E-state index in [1.54, 1.807) is 25.1 Å². The molecule has 1 unspecified atom stereocenters. The third-order valence-corrected chi connectivity index (χ3v) is 2.65. The van der Waals surface area contributed by atoms with Crippen LogP contribution in [0.3, 0.4) is 0 Å². The normalized spacial score (nSPS) is 14.0. The molecule has 1 rings (SSSR count). The van der Waals surface area contributed by atoms with E-state index in [2.05, 4.69) is 10.1 Å². The summed E-state index contributed by atoms with van der Waals surface area (Å²) in [6, 6.07) is 5.33. The largest absolute Gasteiger partial charge is 0.434 e. The SMILES string of the molecule is CCC(NC(=O)[C@@H](C)N)c1ccccc1OC(F)F. The van der Waals surface area contributed by atoms with Gasteiger partial charge in [0.2, 0.25) is 5.91 Å². The maximum absolute atomic E-state index is 12.3. The summed E-state index contributed by atoms with van der Waals surface area (Å²) in [5.41, 5.74) is 5.99. The van der Waals surface area contributed by atoms with Crippen LogP contribution in [0.1, 0.15) is 31.9 Å². The summed E-state index contributed by atoms with van der Waals surface area (Å²) in [6.07, 6.45) is 0.544. The van der Waals surface area contributed by atoms with Crippen molar-refractivity contribution in [2.75, 3.05) is 0 Å². The summed E-state index contributed by atoms with van der Waals surface area (Å²) in [7, 11) is 0. The van der Waals surface area contributed by atoms with Gasteiger partial charge in [-0.1, -0.05) is 25.1 Å². The highest BCUT2D eigenvalue weighted by Gasteiger charge is 2.19. The van der Waals surface area contributed by atoms with Crippen LogP contribution < -0.4 is 15.8 Å². The molecule has 0 aromatic heterocycles. The number of amides is 1. The second kappa shape index (κ2) is 7.04. The number of nitrogens with one attached hydrogen (secondary N) is 1. The van der Waals surface area contributed by atoms with Crippen LogP contribution in [0.25, 0.3) is 0 Å². The Balaban J connectivity index is 2.94. The number of carbonyl (C=O) groups is 1. The van der Waals surface area contributed by atoms with Gasteiger partial charge in [0.15, 0.2) is 0 Å². The minimum atomic E-state index is -2.90. The number of hydrogen-bond donors (Lipinski definition) is 2. The average Bonchev–Trinajstić information content (AvgIpc) is 2.35. The molecule has 0 bridgehead atoms. The molecule has 3 N–H and O–H groups in total. The molecule has 0 saturated heterocycles. The van der Waals surface area contributed by atoms with E-state index in [-0.39, 0.29) is 11.7 Å². The van der Waals surface area contributed by atoms with Crippen LogP contribution in [0.2, 0.25) is 0 Å². The highest BCUT2D eigenvalue weighted by molar-refractivity contribution is 5.81. The van der Waals surface area contributed by atoms with Crippen molar-refractivity contribution in [2.24, 2.45) is 5.73 Å². The fraction of sp³-hybridized carbons (Fsp3) is 0.462. The zero-order chi connectivity index (χ0) is 14.4. The monoisotopic (exact) mass is 272 g/mol. The standard InChI is InChI=1S/C13H18F2N2O2/c1-3-10(17-12(18)8(2)16)9-6-4-5-7-11(9)19-13(14)15/h4-8,10,13H,3,16H2,1-2H3,(H,17,18)/t8-,10?/m1/s1. The van der Waals surface area contributed by atoms with Gasteiger partial charge >= 0.3 is 6.61 Å². The van der Waals surface area contributed by atoms with Crippen LogP contribution in [-0.4, -0.2) is 18.6 Å². The number of hydrogen-bond acceptors (Lipinski definition) is 3. The van der Waals surface area contributed by atoms with Crippen LogP contribution in [0.15, 0.2) is 24.3 Å². The predicted molar refractivity (Wildman–Crippen MR) is 67.9 cm³/mol. The Labute approximate surface area is 110 Å². The van der Waals surface area contributed by atoms with Crippen molar-refractivity contribution in [1.82, 2.24) is 5.32 Å². The van der Waals surface area contributed by atoms with E-state index in [0.29, 0.717) is 12.0 Å². The molecule has 0 aliphatic carbocycles. The highest BCUT2D eigenvalue weighted by Crippen LogP contribution is 2.28. The molecule has 4 nitrogen and oxygen atoms in total. The topological polar surface area (TPSA) is 64.4 Å². The Morgan fingerprint density at radius 2 is 2.05 bits per heavy atom. The number of benzene rings is 1. The van der Waals surface area contributed by atoms with Crippen LogP contribution in [0, 0.1) is 0 Å². The number of alkyl halides is 2. The quantitative estimate of drug-likeness (QED) is 0.834. The number of ether oxygens (including phenoxy) is 1. The highest BCUT2D eigenvalue weighted by atomic mass is 19.3.